The highest BCUT2D eigenvalue weighted by atomic mass is 16.3. The normalized spacial score (nSPS) is 8.00. The van der Waals surface area contributed by atoms with Crippen LogP contribution in [0.5, 0.6) is 0 Å². The van der Waals surface area contributed by atoms with Gasteiger partial charge in [-0.15, -0.1) is 0 Å². The zero-order valence-electron chi connectivity index (χ0n) is 10.8. The number of hydrogen-bond acceptors (Lipinski definition) is 3. The Morgan fingerprint density at radius 1 is 1.20 bits per heavy atom. The number of Topliss-reactive ketones (excluding diaryl/α,β-unsaturated/α-hetero) is 1. The average molecular weight is 219 g/mol. The number of nitrogens with one attached hydrogen (secondary N) is 1. The van der Waals surface area contributed by atoms with Crippen LogP contribution in [0.1, 0.15) is 48.0 Å². The summed E-state index contributed by atoms with van der Waals surface area (Å²) in [4.78, 5) is 19.7. The van der Waals surface area contributed by atoms with Crippen molar-refractivity contribution in [2.24, 2.45) is 0 Å². The molecule has 2 N–H and O–H groups in total. The van der Waals surface area contributed by atoms with Gasteiger partial charge in [0.05, 0.1) is 0 Å². The summed E-state index contributed by atoms with van der Waals surface area (Å²) in [7, 11) is 0. The molecule has 0 aliphatic rings. The Morgan fingerprint density at radius 3 is 1.47 bits per heavy atom. The molecule has 0 radical (unpaired) electrons. The first kappa shape index (κ1) is 19.6. The third kappa shape index (κ3) is 96.0. The fourth-order valence-electron chi connectivity index (χ4n) is 0.249. The van der Waals surface area contributed by atoms with Gasteiger partial charge in [-0.05, 0) is 27.7 Å². The van der Waals surface area contributed by atoms with Gasteiger partial charge in [0, 0.05) is 26.0 Å². The summed E-state index contributed by atoms with van der Waals surface area (Å²) in [5.41, 5.74) is 0. The maximum absolute atomic E-state index is 9.93. The van der Waals surface area contributed by atoms with Gasteiger partial charge in [0.25, 0.3) is 0 Å². The highest BCUT2D eigenvalue weighted by molar-refractivity contribution is 5.74. The molecule has 0 aliphatic carbocycles. The molecular weight excluding hydrogens is 194 g/mol. The monoisotopic (exact) mass is 219 g/mol. The molecule has 92 valence electrons. The van der Waals surface area contributed by atoms with Crippen molar-refractivity contribution < 1.29 is 14.7 Å². The van der Waals surface area contributed by atoms with Crippen molar-refractivity contribution in [2.45, 2.75) is 54.1 Å². The third-order valence-electron chi connectivity index (χ3n) is 0.924. The summed E-state index contributed by atoms with van der Waals surface area (Å²) in [5.74, 6) is 0.294. The van der Waals surface area contributed by atoms with Crippen LogP contribution in [-0.4, -0.2) is 29.4 Å². The first-order chi connectivity index (χ1) is 6.77. The lowest BCUT2D eigenvalue weighted by molar-refractivity contribution is -0.119. The molecule has 0 aromatic carbocycles. The number of rotatable bonds is 2. The predicted octanol–water partition coefficient (Wildman–Crippen LogP) is 1.51. The van der Waals surface area contributed by atoms with E-state index < -0.39 is 0 Å². The van der Waals surface area contributed by atoms with Crippen LogP contribution in [0.4, 0.5) is 0 Å². The Bertz CT molecular complexity index is 153. The Labute approximate surface area is 93.1 Å². The second kappa shape index (κ2) is 15.6. The second-order valence-corrected chi connectivity index (χ2v) is 3.24. The quantitative estimate of drug-likeness (QED) is 0.740. The minimum absolute atomic E-state index is 0.0394. The molecule has 0 heterocycles. The highest BCUT2D eigenvalue weighted by Gasteiger charge is 1.79. The summed E-state index contributed by atoms with van der Waals surface area (Å²) in [6.45, 7) is 11.0. The number of carbonyl (C=O) groups is 2. The van der Waals surface area contributed by atoms with E-state index in [0.29, 0.717) is 6.42 Å². The van der Waals surface area contributed by atoms with Crippen molar-refractivity contribution in [3.8, 4) is 0 Å². The summed E-state index contributed by atoms with van der Waals surface area (Å²) in [6.07, 6.45) is 0.500. The first-order valence-electron chi connectivity index (χ1n) is 5.19. The topological polar surface area (TPSA) is 66.4 Å². The molecule has 0 spiro atoms. The van der Waals surface area contributed by atoms with Crippen LogP contribution in [0.2, 0.25) is 0 Å². The van der Waals surface area contributed by atoms with E-state index in [4.69, 9.17) is 5.11 Å². The third-order valence-corrected chi connectivity index (χ3v) is 0.924. The number of aliphatic hydroxyl groups is 1. The zero-order valence-corrected chi connectivity index (χ0v) is 10.8. The Kier molecular flexibility index (Phi) is 20.4. The first-order valence-corrected chi connectivity index (χ1v) is 5.19. The van der Waals surface area contributed by atoms with Crippen LogP contribution in [0, 0.1) is 0 Å². The number of amides is 1. The fraction of sp³-hybridized carbons (Fsp3) is 0.818. The van der Waals surface area contributed by atoms with Crippen LogP contribution in [0.25, 0.3) is 0 Å². The molecule has 0 aromatic rings. The van der Waals surface area contributed by atoms with E-state index >= 15 is 0 Å². The summed E-state index contributed by atoms with van der Waals surface area (Å²) in [6, 6.07) is 0. The number of aliphatic hydroxyl groups excluding tert-OH is 1. The maximum atomic E-state index is 9.93. The molecule has 0 bridgehead atoms. The van der Waals surface area contributed by atoms with Crippen LogP contribution < -0.4 is 5.32 Å². The Morgan fingerprint density at radius 2 is 1.47 bits per heavy atom. The van der Waals surface area contributed by atoms with Gasteiger partial charge in [-0.3, -0.25) is 4.79 Å². The van der Waals surface area contributed by atoms with Crippen LogP contribution in [0.15, 0.2) is 0 Å². The average Bonchev–Trinajstić information content (AvgIpc) is 2.03. The molecule has 0 fully saturated rings. The van der Waals surface area contributed by atoms with Crippen molar-refractivity contribution in [3.63, 3.8) is 0 Å². The van der Waals surface area contributed by atoms with E-state index in [-0.39, 0.29) is 17.8 Å². The maximum Gasteiger partial charge on any atom is 0.216 e. The van der Waals surface area contributed by atoms with Gasteiger partial charge in [-0.1, -0.05) is 6.92 Å². The lowest BCUT2D eigenvalue weighted by atomic mass is 10.4. The van der Waals surface area contributed by atoms with Gasteiger partial charge in [-0.25, -0.2) is 0 Å². The molecule has 15 heavy (non-hydrogen) atoms. The van der Waals surface area contributed by atoms with Gasteiger partial charge in [-0.2, -0.15) is 0 Å². The van der Waals surface area contributed by atoms with Crippen LogP contribution >= 0.6 is 0 Å². The number of carbonyl (C=O) groups excluding carboxylic acids is 2. The minimum atomic E-state index is -0.167. The van der Waals surface area contributed by atoms with Crippen molar-refractivity contribution in [2.75, 3.05) is 6.54 Å². The van der Waals surface area contributed by atoms with E-state index in [1.807, 2.05) is 13.8 Å². The van der Waals surface area contributed by atoms with Gasteiger partial charge in [0.15, 0.2) is 0 Å². The van der Waals surface area contributed by atoms with Gasteiger partial charge >= 0.3 is 0 Å². The molecule has 0 unspecified atom stereocenters. The van der Waals surface area contributed by atoms with Crippen molar-refractivity contribution in [1.82, 2.24) is 5.32 Å². The summed E-state index contributed by atoms with van der Waals surface area (Å²) < 4.78 is 0. The van der Waals surface area contributed by atoms with E-state index in [1.165, 1.54) is 6.92 Å². The van der Waals surface area contributed by atoms with Crippen molar-refractivity contribution in [1.29, 1.82) is 0 Å². The molecule has 0 aliphatic heterocycles. The van der Waals surface area contributed by atoms with Gasteiger partial charge in [0.2, 0.25) is 5.91 Å². The molecule has 0 aromatic heterocycles. The molecule has 0 atom stereocenters. The van der Waals surface area contributed by atoms with E-state index in [2.05, 4.69) is 5.32 Å². The zero-order chi connectivity index (χ0) is 12.9. The summed E-state index contributed by atoms with van der Waals surface area (Å²) in [5, 5.41) is 10.6. The molecule has 4 heteroatoms. The van der Waals surface area contributed by atoms with E-state index in [0.717, 1.165) is 6.54 Å². The Hall–Kier alpha value is -0.900. The molecule has 0 rings (SSSR count). The van der Waals surface area contributed by atoms with Gasteiger partial charge in [0.1, 0.15) is 5.78 Å². The molecule has 0 saturated carbocycles. The lowest BCUT2D eigenvalue weighted by Gasteiger charge is -1.88. The van der Waals surface area contributed by atoms with E-state index in [9.17, 15) is 9.59 Å². The lowest BCUT2D eigenvalue weighted by Crippen LogP contribution is -2.18. The molecule has 0 saturated heterocycles. The van der Waals surface area contributed by atoms with E-state index in [1.54, 1.807) is 20.8 Å². The molecule has 1 amide bonds. The molecule has 4 nitrogen and oxygen atoms in total. The predicted molar refractivity (Wildman–Crippen MR) is 62.7 cm³/mol. The Balaban J connectivity index is -0.000000147. The summed E-state index contributed by atoms with van der Waals surface area (Å²) >= 11 is 0. The minimum Gasteiger partial charge on any atom is -0.394 e. The van der Waals surface area contributed by atoms with Crippen molar-refractivity contribution in [3.05, 3.63) is 0 Å². The number of ketones is 1. The van der Waals surface area contributed by atoms with Crippen LogP contribution in [-0.2, 0) is 9.59 Å². The smallest absolute Gasteiger partial charge is 0.216 e. The number of hydrogen-bond donors (Lipinski definition) is 2. The second-order valence-electron chi connectivity index (χ2n) is 3.24. The highest BCUT2D eigenvalue weighted by Crippen LogP contribution is 1.71. The fourth-order valence-corrected chi connectivity index (χ4v) is 0.249. The molecular formula is C11H25NO3. The van der Waals surface area contributed by atoms with Crippen LogP contribution in [0.3, 0.4) is 0 Å². The van der Waals surface area contributed by atoms with Crippen molar-refractivity contribution >= 4 is 11.7 Å². The standard InChI is InChI=1S/C4H9NO.C4H8O.C3H8O/c1-3-5-4(2)6;1-3-4(2)5;1-3(2)4/h3H2,1-2H3,(H,5,6);3H2,1-2H3;3-4H,1-2H3. The largest absolute Gasteiger partial charge is 0.394 e. The van der Waals surface area contributed by atoms with Gasteiger partial charge < -0.3 is 15.2 Å². The SMILES string of the molecule is CC(C)O.CCC(C)=O.CCNC(C)=O.